The number of morpholine rings is 1. The Morgan fingerprint density at radius 2 is 2.15 bits per heavy atom. The molecule has 0 bridgehead atoms. The van der Waals surface area contributed by atoms with Gasteiger partial charge in [0.2, 0.25) is 5.95 Å². The Hall–Kier alpha value is -1.66. The van der Waals surface area contributed by atoms with Crippen molar-refractivity contribution in [1.29, 1.82) is 0 Å². The number of ether oxygens (including phenoxy) is 1. The van der Waals surface area contributed by atoms with Crippen LogP contribution in [0.2, 0.25) is 0 Å². The molecule has 6 nitrogen and oxygen atoms in total. The van der Waals surface area contributed by atoms with Crippen LogP contribution in [0.4, 0.5) is 5.95 Å². The van der Waals surface area contributed by atoms with Crippen LogP contribution in [0.15, 0.2) is 18.2 Å². The number of rotatable bonds is 4. The second kappa shape index (κ2) is 5.76. The van der Waals surface area contributed by atoms with Gasteiger partial charge in [-0.1, -0.05) is 6.07 Å². The minimum absolute atomic E-state index is 0.311. The average molecular weight is 275 g/mol. The summed E-state index contributed by atoms with van der Waals surface area (Å²) in [5.74, 6) is 0.694. The Morgan fingerprint density at radius 1 is 1.35 bits per heavy atom. The lowest BCUT2D eigenvalue weighted by atomic mass is 10.3. The van der Waals surface area contributed by atoms with Gasteiger partial charge in [-0.2, -0.15) is 4.98 Å². The Kier molecular flexibility index (Phi) is 3.84. The molecule has 0 spiro atoms. The standard InChI is InChI=1S/C14H21N5O/c1-11(10-18-6-8-20-9-7-18)15-14-16-13-5-3-4-12(2)19(13)17-14/h3-5,11H,6-10H2,1-2H3,(H,15,17). The van der Waals surface area contributed by atoms with E-state index in [4.69, 9.17) is 4.74 Å². The van der Waals surface area contributed by atoms with Crippen molar-refractivity contribution in [2.45, 2.75) is 19.9 Å². The minimum Gasteiger partial charge on any atom is -0.379 e. The van der Waals surface area contributed by atoms with Gasteiger partial charge in [0, 0.05) is 31.4 Å². The average Bonchev–Trinajstić information content (AvgIpc) is 2.83. The zero-order valence-corrected chi connectivity index (χ0v) is 12.0. The van der Waals surface area contributed by atoms with Crippen molar-refractivity contribution >= 4 is 11.6 Å². The van der Waals surface area contributed by atoms with E-state index >= 15 is 0 Å². The Balaban J connectivity index is 1.64. The van der Waals surface area contributed by atoms with Gasteiger partial charge >= 0.3 is 0 Å². The number of nitrogens with one attached hydrogen (secondary N) is 1. The summed E-state index contributed by atoms with van der Waals surface area (Å²) in [4.78, 5) is 6.91. The number of hydrogen-bond acceptors (Lipinski definition) is 5. The molecule has 1 aliphatic heterocycles. The molecule has 1 N–H and O–H groups in total. The molecule has 1 fully saturated rings. The normalized spacial score (nSPS) is 18.3. The van der Waals surface area contributed by atoms with Crippen LogP contribution in [-0.2, 0) is 4.74 Å². The van der Waals surface area contributed by atoms with E-state index in [0.717, 1.165) is 44.2 Å². The molecule has 6 heteroatoms. The first-order chi connectivity index (χ1) is 9.72. The molecule has 0 aromatic carbocycles. The van der Waals surface area contributed by atoms with Gasteiger partial charge in [-0.25, -0.2) is 4.52 Å². The fourth-order valence-electron chi connectivity index (χ4n) is 2.53. The summed E-state index contributed by atoms with van der Waals surface area (Å²) in [6.45, 7) is 8.85. The van der Waals surface area contributed by atoms with Crippen LogP contribution in [0.5, 0.6) is 0 Å². The molecular weight excluding hydrogens is 254 g/mol. The highest BCUT2D eigenvalue weighted by molar-refractivity contribution is 5.44. The van der Waals surface area contributed by atoms with Crippen LogP contribution in [0.25, 0.3) is 5.65 Å². The molecule has 0 saturated carbocycles. The Bertz CT molecular complexity index is 576. The first-order valence-electron chi connectivity index (χ1n) is 7.11. The van der Waals surface area contributed by atoms with Gasteiger partial charge in [-0.05, 0) is 26.0 Å². The smallest absolute Gasteiger partial charge is 0.243 e. The van der Waals surface area contributed by atoms with Crippen LogP contribution >= 0.6 is 0 Å². The van der Waals surface area contributed by atoms with Gasteiger partial charge in [0.05, 0.1) is 13.2 Å². The lowest BCUT2D eigenvalue weighted by Crippen LogP contribution is -2.42. The highest BCUT2D eigenvalue weighted by Crippen LogP contribution is 2.09. The molecule has 1 atom stereocenters. The molecule has 0 aliphatic carbocycles. The first kappa shape index (κ1) is 13.3. The van der Waals surface area contributed by atoms with Gasteiger partial charge in [0.1, 0.15) is 0 Å². The summed E-state index contributed by atoms with van der Waals surface area (Å²) in [5, 5.41) is 7.88. The number of hydrogen-bond donors (Lipinski definition) is 1. The number of nitrogens with zero attached hydrogens (tertiary/aromatic N) is 4. The maximum absolute atomic E-state index is 5.36. The van der Waals surface area contributed by atoms with Crippen LogP contribution in [0.3, 0.4) is 0 Å². The molecule has 2 aromatic heterocycles. The van der Waals surface area contributed by atoms with Crippen molar-refractivity contribution in [1.82, 2.24) is 19.5 Å². The van der Waals surface area contributed by atoms with Gasteiger partial charge in [-0.15, -0.1) is 5.10 Å². The van der Waals surface area contributed by atoms with E-state index in [9.17, 15) is 0 Å². The van der Waals surface area contributed by atoms with Gasteiger partial charge in [0.15, 0.2) is 5.65 Å². The summed E-state index contributed by atoms with van der Waals surface area (Å²) in [6.07, 6.45) is 0. The highest BCUT2D eigenvalue weighted by Gasteiger charge is 2.15. The molecular formula is C14H21N5O. The van der Waals surface area contributed by atoms with Gasteiger partial charge < -0.3 is 10.1 Å². The third kappa shape index (κ3) is 2.91. The van der Waals surface area contributed by atoms with E-state index < -0.39 is 0 Å². The van der Waals surface area contributed by atoms with Crippen molar-refractivity contribution in [3.63, 3.8) is 0 Å². The maximum Gasteiger partial charge on any atom is 0.243 e. The van der Waals surface area contributed by atoms with E-state index in [1.807, 2.05) is 29.6 Å². The zero-order valence-electron chi connectivity index (χ0n) is 12.0. The van der Waals surface area contributed by atoms with Crippen LogP contribution in [-0.4, -0.2) is 58.4 Å². The molecule has 3 rings (SSSR count). The molecule has 0 amide bonds. The molecule has 0 radical (unpaired) electrons. The summed E-state index contributed by atoms with van der Waals surface area (Å²) in [7, 11) is 0. The van der Waals surface area contributed by atoms with E-state index in [0.29, 0.717) is 12.0 Å². The predicted molar refractivity (Wildman–Crippen MR) is 78.1 cm³/mol. The van der Waals surface area contributed by atoms with E-state index in [1.54, 1.807) is 0 Å². The quantitative estimate of drug-likeness (QED) is 0.908. The minimum atomic E-state index is 0.311. The van der Waals surface area contributed by atoms with E-state index in [2.05, 4.69) is 27.2 Å². The van der Waals surface area contributed by atoms with Crippen molar-refractivity contribution in [2.24, 2.45) is 0 Å². The summed E-state index contributed by atoms with van der Waals surface area (Å²) in [5.41, 5.74) is 1.97. The number of fused-ring (bicyclic) bond motifs is 1. The zero-order chi connectivity index (χ0) is 13.9. The summed E-state index contributed by atoms with van der Waals surface area (Å²) >= 11 is 0. The largest absolute Gasteiger partial charge is 0.379 e. The SMILES string of the molecule is Cc1cccc2nc(NC(C)CN3CCOCC3)nn12. The van der Waals surface area contributed by atoms with Crippen LogP contribution in [0, 0.1) is 6.92 Å². The molecule has 2 aromatic rings. The van der Waals surface area contributed by atoms with Gasteiger partial charge in [-0.3, -0.25) is 4.90 Å². The third-order valence-electron chi connectivity index (χ3n) is 3.56. The molecule has 108 valence electrons. The topological polar surface area (TPSA) is 54.7 Å². The second-order valence-electron chi connectivity index (χ2n) is 5.33. The predicted octanol–water partition coefficient (Wildman–Crippen LogP) is 1.17. The lowest BCUT2D eigenvalue weighted by Gasteiger charge is -2.29. The number of aromatic nitrogens is 3. The van der Waals surface area contributed by atoms with Crippen LogP contribution < -0.4 is 5.32 Å². The third-order valence-corrected chi connectivity index (χ3v) is 3.56. The fraction of sp³-hybridized carbons (Fsp3) is 0.571. The second-order valence-corrected chi connectivity index (χ2v) is 5.33. The van der Waals surface area contributed by atoms with Crippen molar-refractivity contribution in [2.75, 3.05) is 38.2 Å². The van der Waals surface area contributed by atoms with E-state index in [1.165, 1.54) is 0 Å². The number of aryl methyl sites for hydroxylation is 1. The first-order valence-corrected chi connectivity index (χ1v) is 7.11. The van der Waals surface area contributed by atoms with E-state index in [-0.39, 0.29) is 0 Å². The molecule has 20 heavy (non-hydrogen) atoms. The lowest BCUT2D eigenvalue weighted by molar-refractivity contribution is 0.0368. The monoisotopic (exact) mass is 275 g/mol. The summed E-state index contributed by atoms with van der Waals surface area (Å²) in [6, 6.07) is 6.31. The molecule has 1 aliphatic rings. The molecule has 1 saturated heterocycles. The van der Waals surface area contributed by atoms with Gasteiger partial charge in [0.25, 0.3) is 0 Å². The number of pyridine rings is 1. The highest BCUT2D eigenvalue weighted by atomic mass is 16.5. The maximum atomic E-state index is 5.36. The van der Waals surface area contributed by atoms with Crippen molar-refractivity contribution in [3.05, 3.63) is 23.9 Å². The Labute approximate surface area is 118 Å². The molecule has 3 heterocycles. The number of anilines is 1. The fourth-order valence-corrected chi connectivity index (χ4v) is 2.53. The molecule has 1 unspecified atom stereocenters. The van der Waals surface area contributed by atoms with Crippen molar-refractivity contribution in [3.8, 4) is 0 Å². The van der Waals surface area contributed by atoms with Crippen molar-refractivity contribution < 1.29 is 4.74 Å². The van der Waals surface area contributed by atoms with Crippen LogP contribution in [0.1, 0.15) is 12.6 Å². The Morgan fingerprint density at radius 3 is 2.90 bits per heavy atom. The summed E-state index contributed by atoms with van der Waals surface area (Å²) < 4.78 is 7.23.